The van der Waals surface area contributed by atoms with Gasteiger partial charge in [0.2, 0.25) is 0 Å². The van der Waals surface area contributed by atoms with Crippen LogP contribution in [0.4, 0.5) is 10.6 Å². The Hall–Kier alpha value is -2.50. The number of amides is 1. The molecule has 1 aromatic carbocycles. The van der Waals surface area contributed by atoms with Crippen LogP contribution in [0, 0.1) is 0 Å². The average molecular weight is 247 g/mol. The van der Waals surface area contributed by atoms with Gasteiger partial charge in [-0.05, 0) is 12.1 Å². The topological polar surface area (TPSA) is 97.5 Å². The first-order valence-corrected chi connectivity index (χ1v) is 5.41. The molecule has 6 heteroatoms. The third-order valence-corrected chi connectivity index (χ3v) is 2.43. The van der Waals surface area contributed by atoms with Gasteiger partial charge in [0.25, 0.3) is 0 Å². The van der Waals surface area contributed by atoms with Gasteiger partial charge in [-0.15, -0.1) is 0 Å². The number of hydrogen-bond donors (Lipinski definition) is 3. The molecule has 1 heterocycles. The number of nitrogens with two attached hydrogens (primary N) is 1. The van der Waals surface area contributed by atoms with E-state index in [4.69, 9.17) is 15.6 Å². The first kappa shape index (κ1) is 12.0. The molecule has 0 aliphatic carbocycles. The zero-order valence-electron chi connectivity index (χ0n) is 9.59. The largest absolute Gasteiger partial charge is 0.491 e. The van der Waals surface area contributed by atoms with Crippen molar-refractivity contribution in [2.24, 2.45) is 0 Å². The van der Waals surface area contributed by atoms with Crippen LogP contribution in [0.1, 0.15) is 0 Å². The highest BCUT2D eigenvalue weighted by atomic mass is 16.5. The van der Waals surface area contributed by atoms with E-state index in [1.807, 2.05) is 24.3 Å². The second-order valence-electron chi connectivity index (χ2n) is 3.63. The lowest BCUT2D eigenvalue weighted by Gasteiger charge is -2.09. The summed E-state index contributed by atoms with van der Waals surface area (Å²) in [6, 6.07) is 7.30. The molecule has 94 valence electrons. The number of benzene rings is 1. The summed E-state index contributed by atoms with van der Waals surface area (Å²) in [6.45, 7) is 0.486. The van der Waals surface area contributed by atoms with E-state index in [-0.39, 0.29) is 13.2 Å². The Morgan fingerprint density at radius 1 is 1.39 bits per heavy atom. The number of carboxylic acid groups (broad SMARTS) is 1. The van der Waals surface area contributed by atoms with Gasteiger partial charge < -0.3 is 20.9 Å². The fourth-order valence-electron chi connectivity index (χ4n) is 1.65. The fraction of sp³-hybridized carbons (Fsp3) is 0.167. The maximum atomic E-state index is 10.3. The lowest BCUT2D eigenvalue weighted by atomic mass is 10.1. The molecular weight excluding hydrogens is 234 g/mol. The van der Waals surface area contributed by atoms with Crippen LogP contribution in [0.25, 0.3) is 10.8 Å². The summed E-state index contributed by atoms with van der Waals surface area (Å²) < 4.78 is 5.52. The number of carbonyl (C=O) groups is 1. The van der Waals surface area contributed by atoms with Crippen LogP contribution in [0.3, 0.4) is 0 Å². The number of nitrogens with zero attached hydrogens (tertiary/aromatic N) is 1. The monoisotopic (exact) mass is 247 g/mol. The molecule has 0 aliphatic rings. The minimum atomic E-state index is -1.06. The third-order valence-electron chi connectivity index (χ3n) is 2.43. The quantitative estimate of drug-likeness (QED) is 0.710. The third kappa shape index (κ3) is 2.60. The maximum absolute atomic E-state index is 10.3. The Kier molecular flexibility index (Phi) is 3.47. The molecule has 0 radical (unpaired) electrons. The standard InChI is InChI=1S/C12H13N3O3/c13-11-9-2-1-3-10(8(9)4-5-14-11)18-7-6-15-12(16)17/h1-5,15H,6-7H2,(H2,13,14)(H,16,17). The van der Waals surface area contributed by atoms with Crippen LogP contribution >= 0.6 is 0 Å². The van der Waals surface area contributed by atoms with E-state index in [1.54, 1.807) is 6.20 Å². The zero-order valence-corrected chi connectivity index (χ0v) is 9.59. The number of rotatable bonds is 4. The van der Waals surface area contributed by atoms with Gasteiger partial charge in [-0.2, -0.15) is 0 Å². The zero-order chi connectivity index (χ0) is 13.0. The maximum Gasteiger partial charge on any atom is 0.404 e. The SMILES string of the molecule is Nc1nccc2c(OCCNC(=O)O)cccc12. The molecule has 18 heavy (non-hydrogen) atoms. The normalized spacial score (nSPS) is 10.2. The molecule has 1 aromatic heterocycles. The summed E-state index contributed by atoms with van der Waals surface area (Å²) in [5.74, 6) is 1.11. The summed E-state index contributed by atoms with van der Waals surface area (Å²) in [4.78, 5) is 14.3. The van der Waals surface area contributed by atoms with Gasteiger partial charge in [-0.3, -0.25) is 0 Å². The van der Waals surface area contributed by atoms with Crippen LogP contribution in [0.2, 0.25) is 0 Å². The molecule has 0 saturated carbocycles. The second-order valence-corrected chi connectivity index (χ2v) is 3.63. The molecule has 0 bridgehead atoms. The van der Waals surface area contributed by atoms with Gasteiger partial charge >= 0.3 is 6.09 Å². The van der Waals surface area contributed by atoms with Crippen molar-refractivity contribution >= 4 is 22.7 Å². The summed E-state index contributed by atoms with van der Waals surface area (Å²) in [6.07, 6.45) is 0.546. The van der Waals surface area contributed by atoms with Gasteiger partial charge in [-0.1, -0.05) is 12.1 Å². The highest BCUT2D eigenvalue weighted by Gasteiger charge is 2.04. The molecule has 0 atom stereocenters. The summed E-state index contributed by atoms with van der Waals surface area (Å²) in [5.41, 5.74) is 5.76. The summed E-state index contributed by atoms with van der Waals surface area (Å²) in [7, 11) is 0. The Labute approximate surface area is 103 Å². The number of ether oxygens (including phenoxy) is 1. The molecule has 2 rings (SSSR count). The second kappa shape index (κ2) is 5.22. The molecule has 0 fully saturated rings. The van der Waals surface area contributed by atoms with Crippen molar-refractivity contribution in [3.8, 4) is 5.75 Å². The smallest absolute Gasteiger partial charge is 0.404 e. The van der Waals surface area contributed by atoms with E-state index in [0.29, 0.717) is 11.6 Å². The summed E-state index contributed by atoms with van der Waals surface area (Å²) in [5, 5.41) is 12.3. The van der Waals surface area contributed by atoms with Gasteiger partial charge in [0.1, 0.15) is 18.2 Å². The van der Waals surface area contributed by atoms with Crippen molar-refractivity contribution < 1.29 is 14.6 Å². The Bertz CT molecular complexity index is 571. The number of anilines is 1. The summed E-state index contributed by atoms with van der Waals surface area (Å²) >= 11 is 0. The highest BCUT2D eigenvalue weighted by Crippen LogP contribution is 2.27. The minimum Gasteiger partial charge on any atom is -0.491 e. The molecule has 4 N–H and O–H groups in total. The fourth-order valence-corrected chi connectivity index (χ4v) is 1.65. The minimum absolute atomic E-state index is 0.228. The number of pyridine rings is 1. The van der Waals surface area contributed by atoms with Gasteiger partial charge in [-0.25, -0.2) is 9.78 Å². The van der Waals surface area contributed by atoms with E-state index < -0.39 is 6.09 Å². The van der Waals surface area contributed by atoms with Gasteiger partial charge in [0.05, 0.1) is 6.54 Å². The van der Waals surface area contributed by atoms with Gasteiger partial charge in [0.15, 0.2) is 0 Å². The van der Waals surface area contributed by atoms with Crippen molar-refractivity contribution in [2.45, 2.75) is 0 Å². The molecule has 2 aromatic rings. The van der Waals surface area contributed by atoms with Crippen molar-refractivity contribution in [1.29, 1.82) is 0 Å². The van der Waals surface area contributed by atoms with E-state index >= 15 is 0 Å². The molecule has 0 spiro atoms. The van der Waals surface area contributed by atoms with Crippen molar-refractivity contribution in [3.63, 3.8) is 0 Å². The van der Waals surface area contributed by atoms with E-state index in [0.717, 1.165) is 10.8 Å². The Morgan fingerprint density at radius 3 is 3.00 bits per heavy atom. The first-order chi connectivity index (χ1) is 8.68. The van der Waals surface area contributed by atoms with Crippen molar-refractivity contribution in [1.82, 2.24) is 10.3 Å². The molecule has 1 amide bonds. The molecule has 6 nitrogen and oxygen atoms in total. The number of hydrogen-bond acceptors (Lipinski definition) is 4. The van der Waals surface area contributed by atoms with Crippen LogP contribution in [0.5, 0.6) is 5.75 Å². The number of nitrogens with one attached hydrogen (secondary N) is 1. The van der Waals surface area contributed by atoms with E-state index in [1.165, 1.54) is 0 Å². The van der Waals surface area contributed by atoms with Crippen molar-refractivity contribution in [3.05, 3.63) is 30.5 Å². The Balaban J connectivity index is 2.13. The predicted octanol–water partition coefficient (Wildman–Crippen LogP) is 1.46. The molecular formula is C12H13N3O3. The number of fused-ring (bicyclic) bond motifs is 1. The first-order valence-electron chi connectivity index (χ1n) is 5.41. The Morgan fingerprint density at radius 2 is 2.22 bits per heavy atom. The lowest BCUT2D eigenvalue weighted by molar-refractivity contribution is 0.191. The van der Waals surface area contributed by atoms with E-state index in [9.17, 15) is 4.79 Å². The highest BCUT2D eigenvalue weighted by molar-refractivity contribution is 5.94. The van der Waals surface area contributed by atoms with Crippen LogP contribution in [-0.4, -0.2) is 29.3 Å². The number of nitrogen functional groups attached to an aromatic ring is 1. The predicted molar refractivity (Wildman–Crippen MR) is 67.7 cm³/mol. The lowest BCUT2D eigenvalue weighted by Crippen LogP contribution is -2.26. The van der Waals surface area contributed by atoms with Crippen LogP contribution in [-0.2, 0) is 0 Å². The number of aromatic nitrogens is 1. The van der Waals surface area contributed by atoms with Crippen LogP contribution in [0.15, 0.2) is 30.5 Å². The van der Waals surface area contributed by atoms with Gasteiger partial charge in [0, 0.05) is 17.0 Å². The molecule has 0 saturated heterocycles. The average Bonchev–Trinajstić information content (AvgIpc) is 2.35. The van der Waals surface area contributed by atoms with Crippen molar-refractivity contribution in [2.75, 3.05) is 18.9 Å². The molecule has 0 unspecified atom stereocenters. The molecule has 0 aliphatic heterocycles. The van der Waals surface area contributed by atoms with E-state index in [2.05, 4.69) is 10.3 Å². The van der Waals surface area contributed by atoms with Crippen LogP contribution < -0.4 is 15.8 Å².